The third-order valence-electron chi connectivity index (χ3n) is 10.5. The number of para-hydroxylation sites is 2. The lowest BCUT2D eigenvalue weighted by Crippen LogP contribution is -2.06. The van der Waals surface area contributed by atoms with E-state index in [1.165, 1.54) is 0 Å². The molecule has 3 aromatic heterocycles. The van der Waals surface area contributed by atoms with Gasteiger partial charge < -0.3 is 9.13 Å². The zero-order valence-corrected chi connectivity index (χ0v) is 30.5. The highest BCUT2D eigenvalue weighted by molar-refractivity contribution is 6.11. The first-order valence-corrected chi connectivity index (χ1v) is 18.3. The van der Waals surface area contributed by atoms with E-state index in [2.05, 4.69) is 44.3 Å². The first-order valence-electron chi connectivity index (χ1n) is 18.3. The predicted octanol–water partition coefficient (Wildman–Crippen LogP) is 11.2. The normalized spacial score (nSPS) is 11.0. The quantitative estimate of drug-likeness (QED) is 0.162. The topological polar surface area (TPSA) is 124 Å². The molecule has 266 valence electrons. The van der Waals surface area contributed by atoms with Gasteiger partial charge in [0.2, 0.25) is 0 Å². The first kappa shape index (κ1) is 33.7. The summed E-state index contributed by atoms with van der Waals surface area (Å²) < 4.78 is 4.18. The van der Waals surface area contributed by atoms with E-state index in [1.54, 1.807) is 24.3 Å². The molecule has 0 saturated carbocycles. The maximum atomic E-state index is 10.2. The van der Waals surface area contributed by atoms with E-state index < -0.39 is 0 Å². The number of hydrogen-bond donors (Lipinski definition) is 0. The molecule has 0 bridgehead atoms. The predicted molar refractivity (Wildman–Crippen MR) is 225 cm³/mol. The van der Waals surface area contributed by atoms with Gasteiger partial charge in [-0.1, -0.05) is 84.9 Å². The van der Waals surface area contributed by atoms with Crippen LogP contribution < -0.4 is 0 Å². The molecule has 0 saturated heterocycles. The monoisotopic (exact) mass is 739 g/mol. The Morgan fingerprint density at radius 1 is 0.431 bits per heavy atom. The van der Waals surface area contributed by atoms with Crippen LogP contribution in [0.5, 0.6) is 0 Å². The molecule has 0 atom stereocenters. The molecule has 0 unspecified atom stereocenters. The number of nitrogens with zero attached hydrogens (tertiary/aromatic N) is 9. The van der Waals surface area contributed by atoms with Crippen molar-refractivity contribution in [1.82, 2.24) is 24.1 Å². The highest BCUT2D eigenvalue weighted by Gasteiger charge is 2.23. The van der Waals surface area contributed by atoms with Crippen LogP contribution in [-0.2, 0) is 0 Å². The fourth-order valence-corrected chi connectivity index (χ4v) is 7.88. The van der Waals surface area contributed by atoms with Crippen molar-refractivity contribution >= 4 is 49.3 Å². The second-order valence-corrected chi connectivity index (χ2v) is 13.7. The molecule has 0 amide bonds. The molecule has 9 heteroatoms. The molecule has 0 radical (unpaired) electrons. The molecule has 0 fully saturated rings. The van der Waals surface area contributed by atoms with Crippen LogP contribution in [0.1, 0.15) is 16.7 Å². The van der Waals surface area contributed by atoms with E-state index in [1.807, 2.05) is 115 Å². The average molecular weight is 740 g/mol. The van der Waals surface area contributed by atoms with E-state index >= 15 is 0 Å². The zero-order chi connectivity index (χ0) is 39.3. The molecular formula is C49H25N9. The lowest BCUT2D eigenvalue weighted by molar-refractivity contribution is 1.06. The van der Waals surface area contributed by atoms with E-state index in [9.17, 15) is 15.8 Å². The molecule has 58 heavy (non-hydrogen) atoms. The van der Waals surface area contributed by atoms with Crippen molar-refractivity contribution in [2.75, 3.05) is 0 Å². The van der Waals surface area contributed by atoms with Crippen LogP contribution in [0.15, 0.2) is 152 Å². The van der Waals surface area contributed by atoms with Crippen molar-refractivity contribution in [3.8, 4) is 63.7 Å². The molecule has 0 aliphatic heterocycles. The maximum absolute atomic E-state index is 10.2. The molecular weight excluding hydrogens is 715 g/mol. The van der Waals surface area contributed by atoms with Gasteiger partial charge in [0.15, 0.2) is 23.2 Å². The molecule has 0 N–H and O–H groups in total. The standard InChI is InChI=1S/C49H25N9/c1-53-34-18-20-38-36-12-6-8-14-42(36)58(46(38)26-34)44-22-17-31(28-51)24-40(44)49-55-47(33-9-3-2-4-10-33)54-48(56-49)39-23-30(27-50)16-21-43(39)57-41-13-7-5-11-35(41)37-19-15-32(29-52)25-45(37)57/h2-26H. The Hall–Kier alpha value is -8.89. The van der Waals surface area contributed by atoms with Crippen LogP contribution in [0.2, 0.25) is 0 Å². The summed E-state index contributed by atoms with van der Waals surface area (Å²) in [5, 5.41) is 34.3. The summed E-state index contributed by atoms with van der Waals surface area (Å²) in [5.74, 6) is 1.02. The Bertz CT molecular complexity index is 3300. The van der Waals surface area contributed by atoms with Gasteiger partial charge in [0.25, 0.3) is 0 Å². The number of hydrogen-bond acceptors (Lipinski definition) is 6. The third kappa shape index (κ3) is 5.33. The SMILES string of the molecule is [C-]#[N+]c1ccc2c3ccccc3n(-c3ccc(C#N)cc3-c3nc(-c4ccccc4)nc(-c4cc(C#N)ccc4-n4c5ccccc5c5ccc(C#N)cc54)n3)c2c1. The zero-order valence-electron chi connectivity index (χ0n) is 30.5. The minimum absolute atomic E-state index is 0.309. The van der Waals surface area contributed by atoms with Gasteiger partial charge in [0.1, 0.15) is 0 Å². The van der Waals surface area contributed by atoms with Gasteiger partial charge in [0, 0.05) is 43.8 Å². The van der Waals surface area contributed by atoms with Crippen molar-refractivity contribution in [1.29, 1.82) is 15.8 Å². The third-order valence-corrected chi connectivity index (χ3v) is 10.5. The van der Waals surface area contributed by atoms with Crippen molar-refractivity contribution < 1.29 is 0 Å². The van der Waals surface area contributed by atoms with Crippen molar-refractivity contribution in [2.45, 2.75) is 0 Å². The summed E-state index contributed by atoms with van der Waals surface area (Å²) in [5.41, 5.74) is 8.60. The highest BCUT2D eigenvalue weighted by Crippen LogP contribution is 2.40. The van der Waals surface area contributed by atoms with E-state index in [0.717, 1.165) is 49.2 Å². The van der Waals surface area contributed by atoms with Crippen LogP contribution in [0, 0.1) is 40.6 Å². The molecule has 0 aliphatic rings. The van der Waals surface area contributed by atoms with E-state index in [-0.39, 0.29) is 0 Å². The molecule has 0 aliphatic carbocycles. The van der Waals surface area contributed by atoms with Gasteiger partial charge >= 0.3 is 0 Å². The summed E-state index contributed by atoms with van der Waals surface area (Å²) >= 11 is 0. The number of nitriles is 3. The second-order valence-electron chi connectivity index (χ2n) is 13.7. The van der Waals surface area contributed by atoms with Gasteiger partial charge in [-0.15, -0.1) is 0 Å². The van der Waals surface area contributed by atoms with Crippen LogP contribution in [-0.4, -0.2) is 24.1 Å². The lowest BCUT2D eigenvalue weighted by Gasteiger charge is -2.17. The number of benzene rings is 7. The van der Waals surface area contributed by atoms with Gasteiger partial charge in [-0.25, -0.2) is 19.8 Å². The minimum atomic E-state index is 0.309. The Morgan fingerprint density at radius 3 is 1.43 bits per heavy atom. The van der Waals surface area contributed by atoms with Crippen LogP contribution >= 0.6 is 0 Å². The van der Waals surface area contributed by atoms with Gasteiger partial charge in [-0.05, 0) is 66.7 Å². The minimum Gasteiger partial charge on any atom is -0.310 e. The fraction of sp³-hybridized carbons (Fsp3) is 0. The van der Waals surface area contributed by atoms with Gasteiger partial charge in [-0.3, -0.25) is 0 Å². The fourth-order valence-electron chi connectivity index (χ4n) is 7.88. The van der Waals surface area contributed by atoms with Crippen molar-refractivity contribution in [2.24, 2.45) is 0 Å². The molecule has 0 spiro atoms. The molecule has 7 aromatic carbocycles. The summed E-state index contributed by atoms with van der Waals surface area (Å²) in [6.45, 7) is 7.79. The number of fused-ring (bicyclic) bond motifs is 6. The number of rotatable bonds is 5. The molecule has 9 nitrogen and oxygen atoms in total. The lowest BCUT2D eigenvalue weighted by atomic mass is 10.1. The Morgan fingerprint density at radius 2 is 0.879 bits per heavy atom. The Kier molecular flexibility index (Phi) is 7.80. The molecule has 3 heterocycles. The summed E-state index contributed by atoms with van der Waals surface area (Å²) in [4.78, 5) is 19.1. The smallest absolute Gasteiger partial charge is 0.189 e. The van der Waals surface area contributed by atoms with Crippen molar-refractivity contribution in [3.05, 3.63) is 180 Å². The number of aromatic nitrogens is 5. The van der Waals surface area contributed by atoms with Crippen LogP contribution in [0.25, 0.3) is 94.0 Å². The summed E-state index contributed by atoms with van der Waals surface area (Å²) in [6.07, 6.45) is 0. The van der Waals surface area contributed by atoms with Crippen LogP contribution in [0.3, 0.4) is 0 Å². The maximum Gasteiger partial charge on any atom is 0.189 e. The summed E-state index contributed by atoms with van der Waals surface area (Å²) in [6, 6.07) is 54.8. The van der Waals surface area contributed by atoms with Crippen LogP contribution in [0.4, 0.5) is 5.69 Å². The molecule has 10 rings (SSSR count). The Balaban J connectivity index is 1.30. The second kappa shape index (κ2) is 13.4. The Labute approximate surface area is 331 Å². The van der Waals surface area contributed by atoms with Gasteiger partial charge in [0.05, 0.1) is 69.4 Å². The molecule has 10 aromatic rings. The average Bonchev–Trinajstić information content (AvgIpc) is 3.80. The van der Waals surface area contributed by atoms with Crippen molar-refractivity contribution in [3.63, 3.8) is 0 Å². The van der Waals surface area contributed by atoms with Gasteiger partial charge in [-0.2, -0.15) is 15.8 Å². The highest BCUT2D eigenvalue weighted by atomic mass is 15.1. The van der Waals surface area contributed by atoms with E-state index in [4.69, 9.17) is 21.5 Å². The summed E-state index contributed by atoms with van der Waals surface area (Å²) in [7, 11) is 0. The first-order chi connectivity index (χ1) is 28.6. The largest absolute Gasteiger partial charge is 0.310 e. The van der Waals surface area contributed by atoms with E-state index in [0.29, 0.717) is 62.4 Å².